The van der Waals surface area contributed by atoms with Crippen molar-refractivity contribution in [1.82, 2.24) is 4.90 Å². The molecule has 0 amide bonds. The molecule has 0 aliphatic carbocycles. The summed E-state index contributed by atoms with van der Waals surface area (Å²) >= 11 is 0. The van der Waals surface area contributed by atoms with E-state index in [0.29, 0.717) is 0 Å². The highest BCUT2D eigenvalue weighted by Gasteiger charge is 2.11. The SMILES string of the molecule is CCC(CCN)CCCN(C)C(CC)CC. The van der Waals surface area contributed by atoms with Crippen molar-refractivity contribution in [3.05, 3.63) is 0 Å². The van der Waals surface area contributed by atoms with Crippen LogP contribution >= 0.6 is 0 Å². The van der Waals surface area contributed by atoms with Gasteiger partial charge in [0.15, 0.2) is 0 Å². The fourth-order valence-corrected chi connectivity index (χ4v) is 2.51. The summed E-state index contributed by atoms with van der Waals surface area (Å²) in [6.45, 7) is 8.95. The predicted octanol–water partition coefficient (Wildman–Crippen LogP) is 3.26. The van der Waals surface area contributed by atoms with Crippen LogP contribution in [-0.4, -0.2) is 31.1 Å². The Bertz CT molecular complexity index is 144. The first-order chi connectivity index (χ1) is 7.69. The van der Waals surface area contributed by atoms with Gasteiger partial charge < -0.3 is 10.6 Å². The third-order valence-corrected chi connectivity index (χ3v) is 3.84. The lowest BCUT2D eigenvalue weighted by atomic mass is 9.96. The largest absolute Gasteiger partial charge is 0.330 e. The smallest absolute Gasteiger partial charge is 0.00869 e. The molecule has 0 radical (unpaired) electrons. The highest BCUT2D eigenvalue weighted by atomic mass is 15.1. The van der Waals surface area contributed by atoms with Crippen molar-refractivity contribution in [2.24, 2.45) is 11.7 Å². The molecule has 98 valence electrons. The second kappa shape index (κ2) is 10.1. The first-order valence-corrected chi connectivity index (χ1v) is 7.09. The molecular formula is C14H32N2. The van der Waals surface area contributed by atoms with Crippen LogP contribution in [0.3, 0.4) is 0 Å². The Kier molecular flexibility index (Phi) is 10.0. The lowest BCUT2D eigenvalue weighted by Gasteiger charge is -2.26. The van der Waals surface area contributed by atoms with E-state index in [4.69, 9.17) is 5.73 Å². The lowest BCUT2D eigenvalue weighted by molar-refractivity contribution is 0.219. The van der Waals surface area contributed by atoms with Crippen LogP contribution in [-0.2, 0) is 0 Å². The van der Waals surface area contributed by atoms with Gasteiger partial charge in [-0.05, 0) is 58.2 Å². The quantitative estimate of drug-likeness (QED) is 0.622. The Hall–Kier alpha value is -0.0800. The summed E-state index contributed by atoms with van der Waals surface area (Å²) in [7, 11) is 2.27. The van der Waals surface area contributed by atoms with Gasteiger partial charge in [-0.3, -0.25) is 0 Å². The minimum Gasteiger partial charge on any atom is -0.330 e. The molecule has 0 spiro atoms. The summed E-state index contributed by atoms with van der Waals surface area (Å²) in [4.78, 5) is 2.52. The standard InChI is InChI=1S/C14H32N2/c1-5-13(10-11-15)9-8-12-16(4)14(6-2)7-3/h13-14H,5-12,15H2,1-4H3. The zero-order valence-corrected chi connectivity index (χ0v) is 11.8. The van der Waals surface area contributed by atoms with Gasteiger partial charge in [0, 0.05) is 6.04 Å². The van der Waals surface area contributed by atoms with Gasteiger partial charge in [-0.25, -0.2) is 0 Å². The summed E-state index contributed by atoms with van der Waals surface area (Å²) < 4.78 is 0. The van der Waals surface area contributed by atoms with Gasteiger partial charge in [0.05, 0.1) is 0 Å². The van der Waals surface area contributed by atoms with Crippen molar-refractivity contribution in [2.45, 2.75) is 65.3 Å². The highest BCUT2D eigenvalue weighted by Crippen LogP contribution is 2.15. The number of hydrogen-bond donors (Lipinski definition) is 1. The molecule has 2 heteroatoms. The van der Waals surface area contributed by atoms with Crippen molar-refractivity contribution >= 4 is 0 Å². The second-order valence-electron chi connectivity index (χ2n) is 4.94. The van der Waals surface area contributed by atoms with E-state index in [1.807, 2.05) is 0 Å². The van der Waals surface area contributed by atoms with Gasteiger partial charge in [-0.2, -0.15) is 0 Å². The van der Waals surface area contributed by atoms with Gasteiger partial charge in [0.2, 0.25) is 0 Å². The summed E-state index contributed by atoms with van der Waals surface area (Å²) in [6.07, 6.45) is 7.70. The topological polar surface area (TPSA) is 29.3 Å². The van der Waals surface area contributed by atoms with E-state index in [9.17, 15) is 0 Å². The third kappa shape index (κ3) is 6.49. The zero-order chi connectivity index (χ0) is 12.4. The van der Waals surface area contributed by atoms with E-state index in [2.05, 4.69) is 32.7 Å². The highest BCUT2D eigenvalue weighted by molar-refractivity contribution is 4.66. The Labute approximate surface area is 103 Å². The number of rotatable bonds is 10. The minimum absolute atomic E-state index is 0.773. The normalized spacial score (nSPS) is 13.7. The van der Waals surface area contributed by atoms with Crippen LogP contribution < -0.4 is 5.73 Å². The lowest BCUT2D eigenvalue weighted by Crippen LogP contribution is -2.31. The van der Waals surface area contributed by atoms with Crippen molar-refractivity contribution in [3.63, 3.8) is 0 Å². The molecule has 0 rings (SSSR count). The fraction of sp³-hybridized carbons (Fsp3) is 1.00. The summed E-state index contributed by atoms with van der Waals surface area (Å²) in [5, 5.41) is 0. The molecular weight excluding hydrogens is 196 g/mol. The van der Waals surface area contributed by atoms with Gasteiger partial charge >= 0.3 is 0 Å². The molecule has 2 nitrogen and oxygen atoms in total. The molecule has 0 aromatic heterocycles. The first-order valence-electron chi connectivity index (χ1n) is 7.09. The van der Waals surface area contributed by atoms with E-state index in [1.165, 1.54) is 45.1 Å². The first kappa shape index (κ1) is 15.9. The maximum Gasteiger partial charge on any atom is 0.00869 e. The molecule has 0 aliphatic rings. The number of nitrogens with two attached hydrogens (primary N) is 1. The van der Waals surface area contributed by atoms with Crippen LogP contribution in [0.1, 0.15) is 59.3 Å². The van der Waals surface area contributed by atoms with Crippen molar-refractivity contribution in [3.8, 4) is 0 Å². The molecule has 1 atom stereocenters. The molecule has 16 heavy (non-hydrogen) atoms. The molecule has 0 bridgehead atoms. The Morgan fingerprint density at radius 1 is 1.00 bits per heavy atom. The van der Waals surface area contributed by atoms with Crippen LogP contribution in [0, 0.1) is 5.92 Å². The molecule has 0 aromatic carbocycles. The molecule has 0 aliphatic heterocycles. The summed E-state index contributed by atoms with van der Waals surface area (Å²) in [6, 6.07) is 0.773. The molecule has 1 unspecified atom stereocenters. The van der Waals surface area contributed by atoms with Crippen molar-refractivity contribution in [1.29, 1.82) is 0 Å². The minimum atomic E-state index is 0.773. The van der Waals surface area contributed by atoms with Gasteiger partial charge in [0.25, 0.3) is 0 Å². The monoisotopic (exact) mass is 228 g/mol. The van der Waals surface area contributed by atoms with Gasteiger partial charge in [0.1, 0.15) is 0 Å². The van der Waals surface area contributed by atoms with E-state index < -0.39 is 0 Å². The van der Waals surface area contributed by atoms with Crippen LogP contribution in [0.15, 0.2) is 0 Å². The van der Waals surface area contributed by atoms with Crippen molar-refractivity contribution < 1.29 is 0 Å². The molecule has 0 fully saturated rings. The summed E-state index contributed by atoms with van der Waals surface area (Å²) in [5.41, 5.74) is 5.62. The van der Waals surface area contributed by atoms with Gasteiger partial charge in [-0.1, -0.05) is 27.2 Å². The fourth-order valence-electron chi connectivity index (χ4n) is 2.51. The Morgan fingerprint density at radius 2 is 1.62 bits per heavy atom. The number of hydrogen-bond acceptors (Lipinski definition) is 2. The number of nitrogens with zero attached hydrogens (tertiary/aromatic N) is 1. The average Bonchev–Trinajstić information content (AvgIpc) is 2.29. The molecule has 0 saturated carbocycles. The van der Waals surface area contributed by atoms with Crippen LogP contribution in [0.4, 0.5) is 0 Å². The predicted molar refractivity (Wildman–Crippen MR) is 73.7 cm³/mol. The van der Waals surface area contributed by atoms with Crippen LogP contribution in [0.5, 0.6) is 0 Å². The summed E-state index contributed by atoms with van der Waals surface area (Å²) in [5.74, 6) is 0.847. The van der Waals surface area contributed by atoms with Crippen LogP contribution in [0.2, 0.25) is 0 Å². The van der Waals surface area contributed by atoms with E-state index in [-0.39, 0.29) is 0 Å². The maximum atomic E-state index is 5.62. The van der Waals surface area contributed by atoms with Gasteiger partial charge in [-0.15, -0.1) is 0 Å². The molecule has 2 N–H and O–H groups in total. The van der Waals surface area contributed by atoms with Crippen LogP contribution in [0.25, 0.3) is 0 Å². The van der Waals surface area contributed by atoms with E-state index in [1.54, 1.807) is 0 Å². The van der Waals surface area contributed by atoms with Crippen molar-refractivity contribution in [2.75, 3.05) is 20.1 Å². The van der Waals surface area contributed by atoms with E-state index >= 15 is 0 Å². The zero-order valence-electron chi connectivity index (χ0n) is 11.8. The maximum absolute atomic E-state index is 5.62. The third-order valence-electron chi connectivity index (χ3n) is 3.84. The average molecular weight is 228 g/mol. The van der Waals surface area contributed by atoms with E-state index in [0.717, 1.165) is 18.5 Å². The Balaban J connectivity index is 3.70. The molecule has 0 aromatic rings. The molecule has 0 heterocycles. The second-order valence-corrected chi connectivity index (χ2v) is 4.94. The Morgan fingerprint density at radius 3 is 2.06 bits per heavy atom. The molecule has 0 saturated heterocycles.